The van der Waals surface area contributed by atoms with Crippen LogP contribution in [0.1, 0.15) is 11.1 Å². The molecule has 0 atom stereocenters. The van der Waals surface area contributed by atoms with Gasteiger partial charge in [0.2, 0.25) is 10.0 Å². The maximum Gasteiger partial charge on any atom is 0.270 e. The lowest BCUT2D eigenvalue weighted by Gasteiger charge is -2.25. The van der Waals surface area contributed by atoms with Gasteiger partial charge in [-0.1, -0.05) is 6.08 Å². The van der Waals surface area contributed by atoms with Crippen molar-refractivity contribution in [3.8, 4) is 11.5 Å². The predicted octanol–water partition coefficient (Wildman–Crippen LogP) is 2.85. The Morgan fingerprint density at radius 3 is 2.66 bits per heavy atom. The monoisotopic (exact) mass is 420 g/mol. The third-order valence-electron chi connectivity index (χ3n) is 4.36. The fourth-order valence-electron chi connectivity index (χ4n) is 2.98. The van der Waals surface area contributed by atoms with E-state index in [4.69, 9.17) is 14.2 Å². The Kier molecular flexibility index (Phi) is 6.16. The molecule has 10 heteroatoms. The highest BCUT2D eigenvalue weighted by atomic mass is 32.2. The summed E-state index contributed by atoms with van der Waals surface area (Å²) in [5.74, 6) is 0.932. The van der Waals surface area contributed by atoms with Crippen molar-refractivity contribution >= 4 is 15.7 Å². The lowest BCUT2D eigenvalue weighted by Crippen LogP contribution is -2.31. The summed E-state index contributed by atoms with van der Waals surface area (Å²) in [5, 5.41) is 11.3. The zero-order chi connectivity index (χ0) is 21.0. The molecule has 1 aliphatic heterocycles. The maximum atomic E-state index is 13.2. The van der Waals surface area contributed by atoms with Gasteiger partial charge in [-0.3, -0.25) is 10.1 Å². The van der Waals surface area contributed by atoms with Gasteiger partial charge in [0.05, 0.1) is 23.5 Å². The molecule has 0 fully saturated rings. The number of hydrogen-bond donors (Lipinski definition) is 0. The zero-order valence-electron chi connectivity index (χ0n) is 15.7. The quantitative estimate of drug-likeness (QED) is 0.367. The Hall–Kier alpha value is -2.95. The van der Waals surface area contributed by atoms with Crippen LogP contribution >= 0.6 is 0 Å². The van der Waals surface area contributed by atoms with Gasteiger partial charge in [0.15, 0.2) is 6.79 Å². The highest BCUT2D eigenvalue weighted by molar-refractivity contribution is 7.89. The molecule has 0 bridgehead atoms. The summed E-state index contributed by atoms with van der Waals surface area (Å²) in [7, 11) is -2.41. The largest absolute Gasteiger partial charge is 0.497 e. The normalized spacial score (nSPS) is 13.4. The highest BCUT2D eigenvalue weighted by Gasteiger charge is 2.28. The lowest BCUT2D eigenvalue weighted by molar-refractivity contribution is -0.385. The molecule has 0 aliphatic carbocycles. The highest BCUT2D eigenvalue weighted by Crippen LogP contribution is 2.34. The standard InChI is InChI=1S/C19H20N2O7S/c1-3-8-20(29(24,25)18-6-4-17(26-2)5-7-18)11-14-9-16(21(22)23)10-15-12-27-13-28-19(14)15/h3-7,9-10H,1,8,11-13H2,2H3. The lowest BCUT2D eigenvalue weighted by atomic mass is 10.1. The van der Waals surface area contributed by atoms with Crippen LogP contribution in [0.25, 0.3) is 0 Å². The number of rotatable bonds is 8. The van der Waals surface area contributed by atoms with Crippen LogP contribution in [-0.4, -0.2) is 38.1 Å². The molecule has 2 aromatic carbocycles. The Morgan fingerprint density at radius 1 is 1.31 bits per heavy atom. The minimum atomic E-state index is -3.90. The van der Waals surface area contributed by atoms with Crippen molar-refractivity contribution in [2.45, 2.75) is 18.0 Å². The van der Waals surface area contributed by atoms with E-state index in [9.17, 15) is 18.5 Å². The van der Waals surface area contributed by atoms with E-state index in [1.807, 2.05) is 0 Å². The van der Waals surface area contributed by atoms with E-state index in [0.29, 0.717) is 22.6 Å². The van der Waals surface area contributed by atoms with Gasteiger partial charge in [-0.25, -0.2) is 8.42 Å². The summed E-state index contributed by atoms with van der Waals surface area (Å²) in [4.78, 5) is 10.8. The van der Waals surface area contributed by atoms with E-state index in [0.717, 1.165) is 0 Å². The maximum absolute atomic E-state index is 13.2. The van der Waals surface area contributed by atoms with Crippen LogP contribution < -0.4 is 9.47 Å². The number of hydrogen-bond acceptors (Lipinski definition) is 7. The average Bonchev–Trinajstić information content (AvgIpc) is 2.73. The second-order valence-corrected chi connectivity index (χ2v) is 8.16. The summed E-state index contributed by atoms with van der Waals surface area (Å²) in [5.41, 5.74) is 0.727. The molecular weight excluding hydrogens is 400 g/mol. The van der Waals surface area contributed by atoms with Crippen LogP contribution in [0, 0.1) is 10.1 Å². The van der Waals surface area contributed by atoms with Gasteiger partial charge in [-0.15, -0.1) is 6.58 Å². The number of nitrogens with zero attached hydrogens (tertiary/aromatic N) is 2. The summed E-state index contributed by atoms with van der Waals surface area (Å²) in [6.07, 6.45) is 1.45. The topological polar surface area (TPSA) is 108 Å². The molecule has 0 saturated carbocycles. The first-order valence-electron chi connectivity index (χ1n) is 8.62. The van der Waals surface area contributed by atoms with Crippen LogP contribution in [0.2, 0.25) is 0 Å². The molecule has 9 nitrogen and oxygen atoms in total. The first-order valence-corrected chi connectivity index (χ1v) is 10.1. The smallest absolute Gasteiger partial charge is 0.270 e. The molecule has 0 unspecified atom stereocenters. The van der Waals surface area contributed by atoms with Crippen LogP contribution in [0.3, 0.4) is 0 Å². The molecule has 0 radical (unpaired) electrons. The van der Waals surface area contributed by atoms with E-state index >= 15 is 0 Å². The number of fused-ring (bicyclic) bond motifs is 1. The Balaban J connectivity index is 2.01. The minimum absolute atomic E-state index is 0.00943. The van der Waals surface area contributed by atoms with Gasteiger partial charge in [-0.05, 0) is 24.3 Å². The van der Waals surface area contributed by atoms with Crippen molar-refractivity contribution < 1.29 is 27.6 Å². The first kappa shape index (κ1) is 20.8. The molecule has 0 N–H and O–H groups in total. The van der Waals surface area contributed by atoms with E-state index in [2.05, 4.69) is 6.58 Å². The fraction of sp³-hybridized carbons (Fsp3) is 0.263. The van der Waals surface area contributed by atoms with Crippen molar-refractivity contribution in [3.05, 3.63) is 70.3 Å². The van der Waals surface area contributed by atoms with Gasteiger partial charge in [0.25, 0.3) is 5.69 Å². The Labute approximate surface area is 168 Å². The van der Waals surface area contributed by atoms with Gasteiger partial charge in [-0.2, -0.15) is 4.31 Å². The number of nitro benzene ring substituents is 1. The average molecular weight is 420 g/mol. The first-order chi connectivity index (χ1) is 13.9. The van der Waals surface area contributed by atoms with E-state index in [1.54, 1.807) is 12.1 Å². The van der Waals surface area contributed by atoms with Crippen LogP contribution in [0.15, 0.2) is 53.9 Å². The van der Waals surface area contributed by atoms with E-state index in [-0.39, 0.29) is 37.1 Å². The Morgan fingerprint density at radius 2 is 2.03 bits per heavy atom. The number of ether oxygens (including phenoxy) is 3. The number of sulfonamides is 1. The van der Waals surface area contributed by atoms with Gasteiger partial charge in [0.1, 0.15) is 11.5 Å². The molecule has 29 heavy (non-hydrogen) atoms. The summed E-state index contributed by atoms with van der Waals surface area (Å²) in [6.45, 7) is 3.66. The van der Waals surface area contributed by atoms with Crippen molar-refractivity contribution in [1.82, 2.24) is 4.31 Å². The molecule has 1 heterocycles. The van der Waals surface area contributed by atoms with Gasteiger partial charge >= 0.3 is 0 Å². The SMILES string of the molecule is C=CCN(Cc1cc([N+](=O)[O-])cc2c1OCOC2)S(=O)(=O)c1ccc(OC)cc1. The number of nitro groups is 1. The number of non-ortho nitro benzene ring substituents is 1. The van der Waals surface area contributed by atoms with Crippen molar-refractivity contribution in [1.29, 1.82) is 0 Å². The Bertz CT molecular complexity index is 1020. The van der Waals surface area contributed by atoms with Crippen molar-refractivity contribution in [3.63, 3.8) is 0 Å². The minimum Gasteiger partial charge on any atom is -0.497 e. The van der Waals surface area contributed by atoms with E-state index < -0.39 is 14.9 Å². The third kappa shape index (κ3) is 4.39. The summed E-state index contributed by atoms with van der Waals surface area (Å²) in [6, 6.07) is 8.68. The second-order valence-electron chi connectivity index (χ2n) is 6.22. The number of methoxy groups -OCH3 is 1. The van der Waals surface area contributed by atoms with Crippen LogP contribution in [0.4, 0.5) is 5.69 Å². The zero-order valence-corrected chi connectivity index (χ0v) is 16.6. The van der Waals surface area contributed by atoms with Crippen molar-refractivity contribution in [2.75, 3.05) is 20.4 Å². The molecule has 0 saturated heterocycles. The van der Waals surface area contributed by atoms with Crippen LogP contribution in [-0.2, 0) is 27.9 Å². The third-order valence-corrected chi connectivity index (χ3v) is 6.19. The molecule has 0 amide bonds. The number of benzene rings is 2. The van der Waals surface area contributed by atoms with Crippen LogP contribution in [0.5, 0.6) is 11.5 Å². The fourth-order valence-corrected chi connectivity index (χ4v) is 4.37. The molecule has 0 aromatic heterocycles. The van der Waals surface area contributed by atoms with Gasteiger partial charge in [0, 0.05) is 36.3 Å². The molecule has 0 spiro atoms. The van der Waals surface area contributed by atoms with Gasteiger partial charge < -0.3 is 14.2 Å². The van der Waals surface area contributed by atoms with E-state index in [1.165, 1.54) is 41.8 Å². The molecule has 3 rings (SSSR count). The molecule has 154 valence electrons. The molecule has 1 aliphatic rings. The summed E-state index contributed by atoms with van der Waals surface area (Å²) < 4.78 is 43.2. The summed E-state index contributed by atoms with van der Waals surface area (Å²) >= 11 is 0. The molecule has 2 aromatic rings. The predicted molar refractivity (Wildman–Crippen MR) is 104 cm³/mol. The molecular formula is C19H20N2O7S. The second kappa shape index (κ2) is 8.60. The van der Waals surface area contributed by atoms with Crippen molar-refractivity contribution in [2.24, 2.45) is 0 Å².